The van der Waals surface area contributed by atoms with E-state index in [0.717, 1.165) is 6.07 Å². The number of nitrogens with two attached hydrogens (primary N) is 1. The summed E-state index contributed by atoms with van der Waals surface area (Å²) in [5, 5.41) is 13.1. The molecule has 0 heterocycles. The molecule has 0 atom stereocenters. The highest BCUT2D eigenvalue weighted by molar-refractivity contribution is 7.90. The lowest BCUT2D eigenvalue weighted by atomic mass is 10.2. The van der Waals surface area contributed by atoms with Crippen molar-refractivity contribution in [1.82, 2.24) is 0 Å². The van der Waals surface area contributed by atoms with E-state index in [-0.39, 0.29) is 12.3 Å². The van der Waals surface area contributed by atoms with Crippen molar-refractivity contribution in [3.8, 4) is 11.8 Å². The molecule has 4 N–H and O–H groups in total. The molecule has 0 saturated carbocycles. The average Bonchev–Trinajstić information content (AvgIpc) is 2.17. The molecule has 16 heavy (non-hydrogen) atoms. The van der Waals surface area contributed by atoms with Gasteiger partial charge in [0.2, 0.25) is 0 Å². The van der Waals surface area contributed by atoms with Gasteiger partial charge in [0.1, 0.15) is 12.4 Å². The van der Waals surface area contributed by atoms with Crippen LogP contribution in [0.1, 0.15) is 5.56 Å². The minimum absolute atomic E-state index is 0.253. The number of halogens is 1. The number of aliphatic hydroxyl groups excluding tert-OH is 1. The highest BCUT2D eigenvalue weighted by atomic mass is 32.2. The summed E-state index contributed by atoms with van der Waals surface area (Å²) in [5.74, 6) is 4.02. The second kappa shape index (κ2) is 4.94. The Morgan fingerprint density at radius 3 is 2.69 bits per heavy atom. The summed E-state index contributed by atoms with van der Waals surface area (Å²) < 4.78 is 36.4. The Morgan fingerprint density at radius 2 is 2.19 bits per heavy atom. The zero-order valence-corrected chi connectivity index (χ0v) is 8.88. The fourth-order valence-electron chi connectivity index (χ4n) is 0.970. The van der Waals surface area contributed by atoms with E-state index in [0.29, 0.717) is 5.56 Å². The maximum atomic E-state index is 13.3. The van der Waals surface area contributed by atoms with E-state index in [1.165, 1.54) is 12.1 Å². The minimum Gasteiger partial charge on any atom is -0.384 e. The molecule has 0 aliphatic carbocycles. The number of hydrogen-bond donors (Lipinski definition) is 3. The Labute approximate surface area is 92.3 Å². The van der Waals surface area contributed by atoms with Crippen LogP contribution >= 0.6 is 0 Å². The molecule has 0 amide bonds. The van der Waals surface area contributed by atoms with Crippen molar-refractivity contribution < 1.29 is 17.9 Å². The molecule has 1 rings (SSSR count). The van der Waals surface area contributed by atoms with E-state index < -0.39 is 16.0 Å². The van der Waals surface area contributed by atoms with Gasteiger partial charge in [0.25, 0.3) is 10.2 Å². The van der Waals surface area contributed by atoms with Crippen molar-refractivity contribution >= 4 is 15.9 Å². The van der Waals surface area contributed by atoms with Crippen LogP contribution in [0.3, 0.4) is 0 Å². The van der Waals surface area contributed by atoms with E-state index in [1.807, 2.05) is 4.72 Å². The van der Waals surface area contributed by atoms with E-state index >= 15 is 0 Å². The molecule has 86 valence electrons. The Morgan fingerprint density at radius 1 is 1.50 bits per heavy atom. The Kier molecular flexibility index (Phi) is 3.84. The molecule has 0 spiro atoms. The quantitative estimate of drug-likeness (QED) is 0.628. The smallest absolute Gasteiger partial charge is 0.296 e. The van der Waals surface area contributed by atoms with Crippen LogP contribution in [0, 0.1) is 17.7 Å². The highest BCUT2D eigenvalue weighted by Crippen LogP contribution is 2.15. The predicted molar refractivity (Wildman–Crippen MR) is 57.1 cm³/mol. The van der Waals surface area contributed by atoms with Gasteiger partial charge < -0.3 is 5.11 Å². The van der Waals surface area contributed by atoms with Crippen molar-refractivity contribution in [3.05, 3.63) is 29.6 Å². The van der Waals surface area contributed by atoms with Crippen molar-refractivity contribution in [2.75, 3.05) is 11.3 Å². The number of rotatable bonds is 2. The van der Waals surface area contributed by atoms with Gasteiger partial charge in [0, 0.05) is 5.56 Å². The fourth-order valence-corrected chi connectivity index (χ4v) is 1.44. The molecule has 1 aromatic rings. The van der Waals surface area contributed by atoms with Gasteiger partial charge in [-0.15, -0.1) is 0 Å². The Balaban J connectivity index is 3.01. The summed E-state index contributed by atoms with van der Waals surface area (Å²) >= 11 is 0. The zero-order valence-electron chi connectivity index (χ0n) is 8.07. The van der Waals surface area contributed by atoms with Crippen molar-refractivity contribution in [2.24, 2.45) is 5.14 Å². The lowest BCUT2D eigenvalue weighted by Gasteiger charge is -2.04. The van der Waals surface area contributed by atoms with E-state index in [4.69, 9.17) is 5.11 Å². The van der Waals surface area contributed by atoms with Crippen molar-refractivity contribution in [2.45, 2.75) is 0 Å². The molecule has 0 unspecified atom stereocenters. The first kappa shape index (κ1) is 12.4. The summed E-state index contributed by atoms with van der Waals surface area (Å²) in [4.78, 5) is 0. The fraction of sp³-hybridized carbons (Fsp3) is 0.111. The molecule has 0 saturated heterocycles. The molecule has 7 heteroatoms. The molecule has 0 aliphatic rings. The van der Waals surface area contributed by atoms with Crippen molar-refractivity contribution in [3.63, 3.8) is 0 Å². The van der Waals surface area contributed by atoms with Crippen LogP contribution in [0.2, 0.25) is 0 Å². The molecule has 0 bridgehead atoms. The van der Waals surface area contributed by atoms with Crippen molar-refractivity contribution in [1.29, 1.82) is 0 Å². The lowest BCUT2D eigenvalue weighted by Crippen LogP contribution is -2.22. The maximum absolute atomic E-state index is 13.3. The first-order chi connectivity index (χ1) is 7.42. The average molecular weight is 244 g/mol. The van der Waals surface area contributed by atoms with Gasteiger partial charge >= 0.3 is 0 Å². The van der Waals surface area contributed by atoms with Gasteiger partial charge in [0.15, 0.2) is 0 Å². The summed E-state index contributed by atoms with van der Waals surface area (Å²) in [6.07, 6.45) is 0. The Hall–Kier alpha value is -1.62. The summed E-state index contributed by atoms with van der Waals surface area (Å²) in [7, 11) is -4.00. The van der Waals surface area contributed by atoms with Gasteiger partial charge in [-0.2, -0.15) is 8.42 Å². The van der Waals surface area contributed by atoms with Crippen LogP contribution in [-0.4, -0.2) is 20.1 Å². The second-order valence-electron chi connectivity index (χ2n) is 2.80. The third-order valence-corrected chi connectivity index (χ3v) is 2.04. The van der Waals surface area contributed by atoms with Crippen LogP contribution in [0.25, 0.3) is 0 Å². The van der Waals surface area contributed by atoms with Gasteiger partial charge in [-0.1, -0.05) is 11.8 Å². The molecule has 1 aromatic carbocycles. The molecule has 0 aliphatic heterocycles. The molecule has 0 aromatic heterocycles. The number of anilines is 1. The second-order valence-corrected chi connectivity index (χ2v) is 4.10. The molecule has 0 fully saturated rings. The summed E-state index contributed by atoms with van der Waals surface area (Å²) in [6, 6.07) is 3.64. The lowest BCUT2D eigenvalue weighted by molar-refractivity contribution is 0.350. The zero-order chi connectivity index (χ0) is 12.2. The van der Waals surface area contributed by atoms with E-state index in [9.17, 15) is 12.8 Å². The standard InChI is InChI=1S/C9H9FN2O3S/c10-8-6-7(2-1-5-13)3-4-9(8)12-16(11,14)15/h3-4,6,12-13H,5H2,(H2,11,14,15). The van der Waals surface area contributed by atoms with E-state index in [2.05, 4.69) is 17.0 Å². The normalized spacial score (nSPS) is 10.4. The number of aliphatic hydroxyl groups is 1. The third-order valence-electron chi connectivity index (χ3n) is 1.53. The Bertz CT molecular complexity index is 546. The van der Waals surface area contributed by atoms with Crippen LogP contribution < -0.4 is 9.86 Å². The summed E-state index contributed by atoms with van der Waals surface area (Å²) in [6.45, 7) is -0.335. The van der Waals surface area contributed by atoms with Gasteiger partial charge in [-0.25, -0.2) is 9.53 Å². The summed E-state index contributed by atoms with van der Waals surface area (Å²) in [5.41, 5.74) is 0.0727. The number of hydrogen-bond acceptors (Lipinski definition) is 3. The molecular weight excluding hydrogens is 235 g/mol. The van der Waals surface area contributed by atoms with Gasteiger partial charge in [-0.3, -0.25) is 4.72 Å². The SMILES string of the molecule is NS(=O)(=O)Nc1ccc(C#CCO)cc1F. The predicted octanol–water partition coefficient (Wildman–Crippen LogP) is -0.215. The monoisotopic (exact) mass is 244 g/mol. The third kappa shape index (κ3) is 3.86. The van der Waals surface area contributed by atoms with Gasteiger partial charge in [-0.05, 0) is 18.2 Å². The maximum Gasteiger partial charge on any atom is 0.296 e. The molecule has 0 radical (unpaired) electrons. The largest absolute Gasteiger partial charge is 0.384 e. The molecular formula is C9H9FN2O3S. The first-order valence-corrected chi connectivity index (χ1v) is 5.67. The topological polar surface area (TPSA) is 92.4 Å². The molecule has 5 nitrogen and oxygen atoms in total. The number of benzene rings is 1. The first-order valence-electron chi connectivity index (χ1n) is 4.12. The van der Waals surface area contributed by atoms with E-state index in [1.54, 1.807) is 0 Å². The van der Waals surface area contributed by atoms with Crippen LogP contribution in [0.5, 0.6) is 0 Å². The minimum atomic E-state index is -4.00. The number of nitrogens with one attached hydrogen (secondary N) is 1. The highest BCUT2D eigenvalue weighted by Gasteiger charge is 2.07. The van der Waals surface area contributed by atoms with Crippen LogP contribution in [-0.2, 0) is 10.2 Å². The van der Waals surface area contributed by atoms with Gasteiger partial charge in [0.05, 0.1) is 5.69 Å². The van der Waals surface area contributed by atoms with Crippen LogP contribution in [0.15, 0.2) is 18.2 Å². The van der Waals surface area contributed by atoms with Crippen LogP contribution in [0.4, 0.5) is 10.1 Å².